The van der Waals surface area contributed by atoms with Crippen LogP contribution in [0.4, 0.5) is 5.69 Å². The van der Waals surface area contributed by atoms with E-state index in [0.29, 0.717) is 22.5 Å². The number of carbonyl (C=O) groups excluding carboxylic acids is 2. The highest BCUT2D eigenvalue weighted by Gasteiger charge is 2.30. The Balaban J connectivity index is 2.47. The summed E-state index contributed by atoms with van der Waals surface area (Å²) in [7, 11) is 0. The molecule has 8 heteroatoms. The zero-order chi connectivity index (χ0) is 23.3. The summed E-state index contributed by atoms with van der Waals surface area (Å²) < 4.78 is 10.5. The summed E-state index contributed by atoms with van der Waals surface area (Å²) in [6, 6.07) is 14.7. The number of hydrogen-bond donors (Lipinski definition) is 0. The van der Waals surface area contributed by atoms with Gasteiger partial charge in [0.1, 0.15) is 0 Å². The lowest BCUT2D eigenvalue weighted by Crippen LogP contribution is -2.17. The maximum Gasteiger partial charge on any atom is 0.341 e. The van der Waals surface area contributed by atoms with Gasteiger partial charge in [-0.05, 0) is 26.3 Å². The number of benzene rings is 2. The van der Waals surface area contributed by atoms with Gasteiger partial charge in [-0.1, -0.05) is 42.5 Å². The number of nitro benzene ring substituents is 1. The molecule has 2 aromatic carbocycles. The van der Waals surface area contributed by atoms with E-state index in [1.807, 2.05) is 6.07 Å². The van der Waals surface area contributed by atoms with Crippen LogP contribution in [0.15, 0.2) is 54.6 Å². The van der Waals surface area contributed by atoms with Gasteiger partial charge in [-0.2, -0.15) is 0 Å². The second-order valence-corrected chi connectivity index (χ2v) is 6.79. The summed E-state index contributed by atoms with van der Waals surface area (Å²) in [4.78, 5) is 41.5. The molecule has 0 aliphatic heterocycles. The maximum atomic E-state index is 13.1. The zero-order valence-electron chi connectivity index (χ0n) is 18.0. The standard InChI is InChI=1S/C24H22N2O6/c1-4-31-23(27)19-15(3)25-22(16-10-7-6-8-11-16)21(24(28)32-5-2)20(19)17-12-9-13-18(14-17)26(29)30/h6-14H,4-5H2,1-3H3. The summed E-state index contributed by atoms with van der Waals surface area (Å²) in [6.45, 7) is 5.18. The second kappa shape index (κ2) is 9.82. The third-order valence-electron chi connectivity index (χ3n) is 4.73. The number of hydrogen-bond acceptors (Lipinski definition) is 7. The minimum absolute atomic E-state index is 0.0483. The highest BCUT2D eigenvalue weighted by molar-refractivity contribution is 6.10. The quantitative estimate of drug-likeness (QED) is 0.293. The lowest BCUT2D eigenvalue weighted by atomic mass is 9.90. The van der Waals surface area contributed by atoms with Crippen LogP contribution in [-0.4, -0.2) is 35.1 Å². The molecule has 0 aliphatic rings. The number of esters is 2. The third kappa shape index (κ3) is 4.49. The van der Waals surface area contributed by atoms with Crippen molar-refractivity contribution >= 4 is 17.6 Å². The van der Waals surface area contributed by atoms with Gasteiger partial charge in [0.15, 0.2) is 0 Å². The summed E-state index contributed by atoms with van der Waals surface area (Å²) in [6.07, 6.45) is 0. The first-order valence-corrected chi connectivity index (χ1v) is 10.1. The SMILES string of the molecule is CCOC(=O)c1c(C)nc(-c2ccccc2)c(C(=O)OCC)c1-c1cccc([N+](=O)[O-])c1. The van der Waals surface area contributed by atoms with Gasteiger partial charge in [0.25, 0.3) is 5.69 Å². The predicted molar refractivity (Wildman–Crippen MR) is 118 cm³/mol. The topological polar surface area (TPSA) is 109 Å². The molecule has 0 saturated carbocycles. The monoisotopic (exact) mass is 434 g/mol. The van der Waals surface area contributed by atoms with Gasteiger partial charge in [-0.15, -0.1) is 0 Å². The molecule has 0 bridgehead atoms. The molecule has 1 aromatic heterocycles. The highest BCUT2D eigenvalue weighted by Crippen LogP contribution is 2.37. The number of rotatable bonds is 7. The zero-order valence-corrected chi connectivity index (χ0v) is 18.0. The first-order valence-electron chi connectivity index (χ1n) is 10.1. The van der Waals surface area contributed by atoms with Crippen LogP contribution in [-0.2, 0) is 9.47 Å². The van der Waals surface area contributed by atoms with Crippen molar-refractivity contribution in [2.45, 2.75) is 20.8 Å². The van der Waals surface area contributed by atoms with E-state index in [4.69, 9.17) is 9.47 Å². The molecule has 1 heterocycles. The molecule has 164 valence electrons. The van der Waals surface area contributed by atoms with E-state index in [0.717, 1.165) is 0 Å². The molecule has 0 atom stereocenters. The number of ether oxygens (including phenoxy) is 2. The summed E-state index contributed by atoms with van der Waals surface area (Å²) in [5.74, 6) is -1.37. The summed E-state index contributed by atoms with van der Waals surface area (Å²) in [5, 5.41) is 11.4. The van der Waals surface area contributed by atoms with Gasteiger partial charge >= 0.3 is 11.9 Å². The van der Waals surface area contributed by atoms with Crippen molar-refractivity contribution in [2.75, 3.05) is 13.2 Å². The van der Waals surface area contributed by atoms with Crippen molar-refractivity contribution in [3.8, 4) is 22.4 Å². The average Bonchev–Trinajstić information content (AvgIpc) is 2.79. The van der Waals surface area contributed by atoms with Crippen molar-refractivity contribution in [1.29, 1.82) is 0 Å². The van der Waals surface area contributed by atoms with Gasteiger partial charge in [0.05, 0.1) is 40.7 Å². The minimum atomic E-state index is -0.689. The Labute approximate surface area is 185 Å². The molecule has 0 amide bonds. The fourth-order valence-corrected chi connectivity index (χ4v) is 3.43. The Kier molecular flexibility index (Phi) is 6.94. The van der Waals surface area contributed by atoms with Crippen LogP contribution in [0.2, 0.25) is 0 Å². The fraction of sp³-hybridized carbons (Fsp3) is 0.208. The molecule has 8 nitrogen and oxygen atoms in total. The van der Waals surface area contributed by atoms with Gasteiger partial charge < -0.3 is 9.47 Å². The van der Waals surface area contributed by atoms with E-state index in [-0.39, 0.29) is 35.6 Å². The second-order valence-electron chi connectivity index (χ2n) is 6.79. The van der Waals surface area contributed by atoms with Gasteiger partial charge in [-0.25, -0.2) is 9.59 Å². The molecule has 3 rings (SSSR count). The van der Waals surface area contributed by atoms with Crippen LogP contribution >= 0.6 is 0 Å². The van der Waals surface area contributed by atoms with Crippen LogP contribution in [0, 0.1) is 17.0 Å². The number of aryl methyl sites for hydroxylation is 1. The third-order valence-corrected chi connectivity index (χ3v) is 4.73. The molecule has 0 fully saturated rings. The normalized spacial score (nSPS) is 10.5. The largest absolute Gasteiger partial charge is 0.462 e. The van der Waals surface area contributed by atoms with Crippen LogP contribution < -0.4 is 0 Å². The fourth-order valence-electron chi connectivity index (χ4n) is 3.43. The van der Waals surface area contributed by atoms with Crippen LogP contribution in [0.5, 0.6) is 0 Å². The van der Waals surface area contributed by atoms with Gasteiger partial charge in [0.2, 0.25) is 0 Å². The Morgan fingerprint density at radius 3 is 2.09 bits per heavy atom. The lowest BCUT2D eigenvalue weighted by Gasteiger charge is -2.19. The predicted octanol–water partition coefficient (Wildman–Crippen LogP) is 4.99. The molecular weight excluding hydrogens is 412 g/mol. The van der Waals surface area contributed by atoms with E-state index in [9.17, 15) is 19.7 Å². The van der Waals surface area contributed by atoms with E-state index in [1.54, 1.807) is 51.1 Å². The molecule has 0 radical (unpaired) electrons. The number of non-ortho nitro benzene ring substituents is 1. The van der Waals surface area contributed by atoms with E-state index in [2.05, 4.69) is 4.98 Å². The molecule has 0 N–H and O–H groups in total. The maximum absolute atomic E-state index is 13.1. The number of aromatic nitrogens is 1. The van der Waals surface area contributed by atoms with Crippen LogP contribution in [0.25, 0.3) is 22.4 Å². The Hall–Kier alpha value is -4.07. The Morgan fingerprint density at radius 2 is 1.50 bits per heavy atom. The van der Waals surface area contributed by atoms with Crippen molar-refractivity contribution in [3.63, 3.8) is 0 Å². The number of nitro groups is 1. The molecule has 32 heavy (non-hydrogen) atoms. The van der Waals surface area contributed by atoms with Gasteiger partial charge in [-0.3, -0.25) is 15.1 Å². The minimum Gasteiger partial charge on any atom is -0.462 e. The van der Waals surface area contributed by atoms with E-state index >= 15 is 0 Å². The summed E-state index contributed by atoms with van der Waals surface area (Å²) in [5.41, 5.74) is 1.73. The molecule has 0 saturated heterocycles. The van der Waals surface area contributed by atoms with Gasteiger partial charge in [0, 0.05) is 23.3 Å². The number of carbonyl (C=O) groups is 2. The molecule has 3 aromatic rings. The van der Waals surface area contributed by atoms with E-state index < -0.39 is 16.9 Å². The van der Waals surface area contributed by atoms with Crippen molar-refractivity contribution < 1.29 is 24.0 Å². The first kappa shape index (κ1) is 22.6. The molecule has 0 aliphatic carbocycles. The molecular formula is C24H22N2O6. The highest BCUT2D eigenvalue weighted by atomic mass is 16.6. The molecule has 0 unspecified atom stereocenters. The molecule has 0 spiro atoms. The summed E-state index contributed by atoms with van der Waals surface area (Å²) >= 11 is 0. The Morgan fingerprint density at radius 1 is 0.906 bits per heavy atom. The Bertz CT molecular complexity index is 1170. The number of pyridine rings is 1. The smallest absolute Gasteiger partial charge is 0.341 e. The van der Waals surface area contributed by atoms with E-state index in [1.165, 1.54) is 18.2 Å². The first-order chi connectivity index (χ1) is 15.4. The average molecular weight is 434 g/mol. The van der Waals surface area contributed by atoms with Crippen LogP contribution in [0.3, 0.4) is 0 Å². The van der Waals surface area contributed by atoms with Crippen molar-refractivity contribution in [3.05, 3.63) is 81.5 Å². The van der Waals surface area contributed by atoms with Crippen molar-refractivity contribution in [1.82, 2.24) is 4.98 Å². The van der Waals surface area contributed by atoms with Crippen molar-refractivity contribution in [2.24, 2.45) is 0 Å². The van der Waals surface area contributed by atoms with Crippen LogP contribution in [0.1, 0.15) is 40.3 Å². The lowest BCUT2D eigenvalue weighted by molar-refractivity contribution is -0.384. The number of nitrogens with zero attached hydrogens (tertiary/aromatic N) is 2.